The number of amides is 2. The highest BCUT2D eigenvalue weighted by atomic mass is 16.4. The number of anilines is 1. The maximum absolute atomic E-state index is 12.2. The molecule has 6 heteroatoms. The van der Waals surface area contributed by atoms with Gasteiger partial charge < -0.3 is 15.7 Å². The molecule has 0 bridgehead atoms. The van der Waals surface area contributed by atoms with Crippen LogP contribution in [0.1, 0.15) is 28.8 Å². The highest BCUT2D eigenvalue weighted by Crippen LogP contribution is 2.11. The van der Waals surface area contributed by atoms with Crippen LogP contribution < -0.4 is 10.6 Å². The van der Waals surface area contributed by atoms with Crippen LogP contribution in [0.2, 0.25) is 0 Å². The summed E-state index contributed by atoms with van der Waals surface area (Å²) in [4.78, 5) is 34.3. The first-order valence-electron chi connectivity index (χ1n) is 7.98. The van der Waals surface area contributed by atoms with E-state index in [2.05, 4.69) is 10.6 Å². The van der Waals surface area contributed by atoms with Gasteiger partial charge in [0, 0.05) is 24.2 Å². The number of aliphatic carboxylic acids is 1. The molecule has 0 spiro atoms. The van der Waals surface area contributed by atoms with E-state index >= 15 is 0 Å². The SMILES string of the molecule is O=C(O)CCC(=O)Nc1cccc(C(=O)NCCc2ccccc2)c1. The van der Waals surface area contributed by atoms with Gasteiger partial charge in [-0.1, -0.05) is 36.4 Å². The second kappa shape index (κ2) is 9.22. The van der Waals surface area contributed by atoms with Crippen molar-refractivity contribution in [2.24, 2.45) is 0 Å². The van der Waals surface area contributed by atoms with Crippen LogP contribution in [0, 0.1) is 0 Å². The van der Waals surface area contributed by atoms with Crippen LogP contribution in [0.25, 0.3) is 0 Å². The molecule has 0 atom stereocenters. The molecule has 6 nitrogen and oxygen atoms in total. The van der Waals surface area contributed by atoms with Gasteiger partial charge in [-0.15, -0.1) is 0 Å². The Morgan fingerprint density at radius 3 is 2.40 bits per heavy atom. The number of carbonyl (C=O) groups excluding carboxylic acids is 2. The number of rotatable bonds is 8. The summed E-state index contributed by atoms with van der Waals surface area (Å²) in [5.41, 5.74) is 2.04. The van der Waals surface area contributed by atoms with Crippen molar-refractivity contribution in [3.63, 3.8) is 0 Å². The molecule has 0 aliphatic rings. The summed E-state index contributed by atoms with van der Waals surface area (Å²) in [5.74, 6) is -1.65. The summed E-state index contributed by atoms with van der Waals surface area (Å²) >= 11 is 0. The number of carbonyl (C=O) groups is 3. The average Bonchev–Trinajstić information content (AvgIpc) is 2.61. The molecule has 2 rings (SSSR count). The molecule has 0 unspecified atom stereocenters. The summed E-state index contributed by atoms with van der Waals surface area (Å²) in [7, 11) is 0. The van der Waals surface area contributed by atoms with E-state index in [1.54, 1.807) is 24.3 Å². The molecule has 0 aliphatic carbocycles. The summed E-state index contributed by atoms with van der Waals surface area (Å²) < 4.78 is 0. The van der Waals surface area contributed by atoms with Crippen LogP contribution in [0.3, 0.4) is 0 Å². The average molecular weight is 340 g/mol. The van der Waals surface area contributed by atoms with E-state index < -0.39 is 11.9 Å². The van der Waals surface area contributed by atoms with Crippen molar-refractivity contribution in [1.29, 1.82) is 0 Å². The Morgan fingerprint density at radius 2 is 1.68 bits per heavy atom. The molecule has 2 aromatic rings. The van der Waals surface area contributed by atoms with Gasteiger partial charge in [0.05, 0.1) is 6.42 Å². The number of hydrogen-bond acceptors (Lipinski definition) is 3. The van der Waals surface area contributed by atoms with Gasteiger partial charge in [0.15, 0.2) is 0 Å². The van der Waals surface area contributed by atoms with Crippen LogP contribution in [-0.4, -0.2) is 29.4 Å². The number of carboxylic acid groups (broad SMARTS) is 1. The van der Waals surface area contributed by atoms with Gasteiger partial charge in [0.1, 0.15) is 0 Å². The van der Waals surface area contributed by atoms with Gasteiger partial charge in [-0.2, -0.15) is 0 Å². The Kier molecular flexibility index (Phi) is 6.71. The topological polar surface area (TPSA) is 95.5 Å². The number of carboxylic acids is 1. The third-order valence-electron chi connectivity index (χ3n) is 3.52. The van der Waals surface area contributed by atoms with Gasteiger partial charge >= 0.3 is 5.97 Å². The highest BCUT2D eigenvalue weighted by molar-refractivity contribution is 5.97. The Bertz CT molecular complexity index is 744. The lowest BCUT2D eigenvalue weighted by molar-refractivity contribution is -0.138. The van der Waals surface area contributed by atoms with Crippen molar-refractivity contribution in [3.05, 3.63) is 65.7 Å². The summed E-state index contributed by atoms with van der Waals surface area (Å²) in [6.45, 7) is 0.512. The molecule has 3 N–H and O–H groups in total. The smallest absolute Gasteiger partial charge is 0.303 e. The number of nitrogens with one attached hydrogen (secondary N) is 2. The molecule has 2 aromatic carbocycles. The first-order valence-corrected chi connectivity index (χ1v) is 7.98. The van der Waals surface area contributed by atoms with E-state index in [9.17, 15) is 14.4 Å². The van der Waals surface area contributed by atoms with Crippen LogP contribution in [0.5, 0.6) is 0 Å². The molecule has 0 aliphatic heterocycles. The minimum absolute atomic E-state index is 0.108. The zero-order valence-corrected chi connectivity index (χ0v) is 13.7. The number of benzene rings is 2. The first-order chi connectivity index (χ1) is 12.0. The van der Waals surface area contributed by atoms with E-state index in [1.807, 2.05) is 30.3 Å². The van der Waals surface area contributed by atoms with Gasteiger partial charge in [-0.25, -0.2) is 0 Å². The molecule has 25 heavy (non-hydrogen) atoms. The fourth-order valence-corrected chi connectivity index (χ4v) is 2.25. The minimum atomic E-state index is -1.03. The molecule has 0 heterocycles. The van der Waals surface area contributed by atoms with Gasteiger partial charge in [0.2, 0.25) is 5.91 Å². The first kappa shape index (κ1) is 18.2. The summed E-state index contributed by atoms with van der Waals surface area (Å²) in [6, 6.07) is 16.4. The molecule has 0 radical (unpaired) electrons. The molecule has 0 saturated carbocycles. The predicted molar refractivity (Wildman–Crippen MR) is 94.4 cm³/mol. The van der Waals surface area contributed by atoms with Crippen molar-refractivity contribution in [3.8, 4) is 0 Å². The Labute approximate surface area is 145 Å². The normalized spacial score (nSPS) is 10.1. The molecular weight excluding hydrogens is 320 g/mol. The van der Waals surface area contributed by atoms with E-state index in [4.69, 9.17) is 5.11 Å². The lowest BCUT2D eigenvalue weighted by atomic mass is 10.1. The number of hydrogen-bond donors (Lipinski definition) is 3. The summed E-state index contributed by atoms with van der Waals surface area (Å²) in [6.07, 6.45) is 0.395. The monoisotopic (exact) mass is 340 g/mol. The Morgan fingerprint density at radius 1 is 0.920 bits per heavy atom. The van der Waals surface area contributed by atoms with E-state index in [1.165, 1.54) is 0 Å². The fraction of sp³-hybridized carbons (Fsp3) is 0.211. The standard InChI is InChI=1S/C19H20N2O4/c22-17(9-10-18(23)24)21-16-8-4-7-15(13-16)19(25)20-12-11-14-5-2-1-3-6-14/h1-8,13H,9-12H2,(H,20,25)(H,21,22)(H,23,24). The Balaban J connectivity index is 1.85. The van der Waals surface area contributed by atoms with Crippen LogP contribution in [0.4, 0.5) is 5.69 Å². The van der Waals surface area contributed by atoms with Gasteiger partial charge in [0.25, 0.3) is 5.91 Å². The van der Waals surface area contributed by atoms with Crippen LogP contribution >= 0.6 is 0 Å². The predicted octanol–water partition coefficient (Wildman–Crippen LogP) is 2.46. The zero-order chi connectivity index (χ0) is 18.1. The maximum atomic E-state index is 12.2. The molecule has 0 fully saturated rings. The lowest BCUT2D eigenvalue weighted by Gasteiger charge is -2.08. The fourth-order valence-electron chi connectivity index (χ4n) is 2.25. The molecule has 0 aromatic heterocycles. The van der Waals surface area contributed by atoms with Gasteiger partial charge in [-0.05, 0) is 30.2 Å². The molecule has 130 valence electrons. The van der Waals surface area contributed by atoms with E-state index in [-0.39, 0.29) is 18.7 Å². The van der Waals surface area contributed by atoms with Crippen LogP contribution in [-0.2, 0) is 16.0 Å². The quantitative estimate of drug-likeness (QED) is 0.688. The van der Waals surface area contributed by atoms with Crippen LogP contribution in [0.15, 0.2) is 54.6 Å². The Hall–Kier alpha value is -3.15. The van der Waals surface area contributed by atoms with E-state index in [0.717, 1.165) is 12.0 Å². The molecule has 0 saturated heterocycles. The third kappa shape index (κ3) is 6.47. The molecular formula is C19H20N2O4. The van der Waals surface area contributed by atoms with E-state index in [0.29, 0.717) is 17.8 Å². The second-order valence-electron chi connectivity index (χ2n) is 5.51. The minimum Gasteiger partial charge on any atom is -0.481 e. The maximum Gasteiger partial charge on any atom is 0.303 e. The zero-order valence-electron chi connectivity index (χ0n) is 13.7. The van der Waals surface area contributed by atoms with Crippen molar-refractivity contribution < 1.29 is 19.5 Å². The third-order valence-corrected chi connectivity index (χ3v) is 3.52. The molecule has 2 amide bonds. The summed E-state index contributed by atoms with van der Waals surface area (Å²) in [5, 5.41) is 14.0. The second-order valence-corrected chi connectivity index (χ2v) is 5.51. The largest absolute Gasteiger partial charge is 0.481 e. The van der Waals surface area contributed by atoms with Crippen molar-refractivity contribution in [1.82, 2.24) is 5.32 Å². The van der Waals surface area contributed by atoms with Crippen molar-refractivity contribution >= 4 is 23.5 Å². The lowest BCUT2D eigenvalue weighted by Crippen LogP contribution is -2.25. The highest BCUT2D eigenvalue weighted by Gasteiger charge is 2.09. The van der Waals surface area contributed by atoms with Gasteiger partial charge in [-0.3, -0.25) is 14.4 Å². The van der Waals surface area contributed by atoms with Crippen molar-refractivity contribution in [2.75, 3.05) is 11.9 Å². The van der Waals surface area contributed by atoms with Crippen molar-refractivity contribution in [2.45, 2.75) is 19.3 Å².